The van der Waals surface area contributed by atoms with Crippen molar-refractivity contribution in [3.63, 3.8) is 0 Å². The Labute approximate surface area is 202 Å². The van der Waals surface area contributed by atoms with E-state index in [9.17, 15) is 0 Å². The van der Waals surface area contributed by atoms with E-state index in [-0.39, 0.29) is 0 Å². The van der Waals surface area contributed by atoms with Gasteiger partial charge >= 0.3 is 0 Å². The Kier molecular flexibility index (Phi) is 4.20. The SMILES string of the molecule is Cc1ccc2c(c1)Oc1cc(C)ccc1N2c1ccc2c(c1)c1ncccc1n2-c1cccnc1. The van der Waals surface area contributed by atoms with Crippen LogP contribution in [0.5, 0.6) is 11.5 Å². The number of ether oxygens (including phenoxy) is 1. The van der Waals surface area contributed by atoms with Crippen LogP contribution in [0, 0.1) is 13.8 Å². The van der Waals surface area contributed by atoms with Gasteiger partial charge in [-0.1, -0.05) is 12.1 Å². The third kappa shape index (κ3) is 3.02. The molecule has 0 radical (unpaired) electrons. The van der Waals surface area contributed by atoms with Crippen LogP contribution in [-0.2, 0) is 0 Å². The van der Waals surface area contributed by atoms with Gasteiger partial charge in [-0.25, -0.2) is 0 Å². The maximum Gasteiger partial charge on any atom is 0.151 e. The number of aryl methyl sites for hydroxylation is 2. The van der Waals surface area contributed by atoms with Crippen molar-refractivity contribution in [1.29, 1.82) is 0 Å². The molecule has 1 aliphatic rings. The van der Waals surface area contributed by atoms with Gasteiger partial charge in [0.2, 0.25) is 0 Å². The van der Waals surface area contributed by atoms with E-state index in [1.807, 2.05) is 24.5 Å². The molecule has 0 unspecified atom stereocenters. The summed E-state index contributed by atoms with van der Waals surface area (Å²) in [6, 6.07) is 27.4. The molecule has 3 aromatic heterocycles. The van der Waals surface area contributed by atoms with Gasteiger partial charge in [0.1, 0.15) is 0 Å². The topological polar surface area (TPSA) is 43.2 Å². The van der Waals surface area contributed by atoms with E-state index in [0.29, 0.717) is 0 Å². The quantitative estimate of drug-likeness (QED) is 0.268. The minimum atomic E-state index is 0.860. The second-order valence-electron chi connectivity index (χ2n) is 9.00. The van der Waals surface area contributed by atoms with Gasteiger partial charge in [0.25, 0.3) is 0 Å². The molecule has 7 rings (SSSR count). The highest BCUT2D eigenvalue weighted by Crippen LogP contribution is 2.51. The summed E-state index contributed by atoms with van der Waals surface area (Å²) in [5.41, 5.74) is 9.57. The van der Waals surface area contributed by atoms with Crippen LogP contribution in [0.1, 0.15) is 11.1 Å². The lowest BCUT2D eigenvalue weighted by molar-refractivity contribution is 0.476. The van der Waals surface area contributed by atoms with E-state index in [2.05, 4.69) is 95.0 Å². The van der Waals surface area contributed by atoms with Crippen LogP contribution in [0.15, 0.2) is 97.5 Å². The lowest BCUT2D eigenvalue weighted by atomic mass is 10.1. The second-order valence-corrected chi connectivity index (χ2v) is 9.00. The second kappa shape index (κ2) is 7.43. The van der Waals surface area contributed by atoms with Crippen molar-refractivity contribution in [2.75, 3.05) is 4.90 Å². The van der Waals surface area contributed by atoms with Gasteiger partial charge in [-0.2, -0.15) is 0 Å². The van der Waals surface area contributed by atoms with Gasteiger partial charge in [-0.3, -0.25) is 9.97 Å². The molecule has 0 amide bonds. The van der Waals surface area contributed by atoms with Crippen LogP contribution in [0.4, 0.5) is 17.1 Å². The molecule has 35 heavy (non-hydrogen) atoms. The average molecular weight is 455 g/mol. The fourth-order valence-corrected chi connectivity index (χ4v) is 5.03. The van der Waals surface area contributed by atoms with E-state index in [4.69, 9.17) is 9.72 Å². The molecule has 1 aliphatic heterocycles. The van der Waals surface area contributed by atoms with E-state index in [1.54, 1.807) is 6.20 Å². The fraction of sp³-hybridized carbons (Fsp3) is 0.0667. The molecule has 0 saturated carbocycles. The Hall–Kier alpha value is -4.64. The molecule has 0 bridgehead atoms. The molecule has 0 atom stereocenters. The summed E-state index contributed by atoms with van der Waals surface area (Å²) in [7, 11) is 0. The van der Waals surface area contributed by atoms with Gasteiger partial charge in [0.05, 0.1) is 39.8 Å². The minimum absolute atomic E-state index is 0.860. The molecule has 0 fully saturated rings. The van der Waals surface area contributed by atoms with E-state index in [0.717, 1.165) is 56.2 Å². The average Bonchev–Trinajstić information content (AvgIpc) is 3.21. The third-order valence-electron chi connectivity index (χ3n) is 6.60. The number of hydrogen-bond donors (Lipinski definition) is 0. The highest BCUT2D eigenvalue weighted by Gasteiger charge is 2.27. The van der Waals surface area contributed by atoms with Crippen LogP contribution in [0.25, 0.3) is 27.6 Å². The van der Waals surface area contributed by atoms with Gasteiger partial charge in [0, 0.05) is 23.5 Å². The first kappa shape index (κ1) is 19.8. The van der Waals surface area contributed by atoms with Crippen LogP contribution in [0.3, 0.4) is 0 Å². The monoisotopic (exact) mass is 454 g/mol. The predicted octanol–water partition coefficient (Wildman–Crippen LogP) is 7.77. The number of fused-ring (bicyclic) bond motifs is 5. The Bertz CT molecular complexity index is 1700. The molecule has 4 heterocycles. The summed E-state index contributed by atoms with van der Waals surface area (Å²) < 4.78 is 8.57. The predicted molar refractivity (Wildman–Crippen MR) is 141 cm³/mol. The van der Waals surface area contributed by atoms with E-state index < -0.39 is 0 Å². The molecule has 6 aromatic rings. The lowest BCUT2D eigenvalue weighted by Crippen LogP contribution is -2.16. The zero-order valence-corrected chi connectivity index (χ0v) is 19.4. The van der Waals surface area contributed by atoms with Crippen LogP contribution < -0.4 is 9.64 Å². The maximum absolute atomic E-state index is 6.35. The summed E-state index contributed by atoms with van der Waals surface area (Å²) >= 11 is 0. The highest BCUT2D eigenvalue weighted by atomic mass is 16.5. The molecule has 0 aliphatic carbocycles. The fourth-order valence-electron chi connectivity index (χ4n) is 5.03. The van der Waals surface area contributed by atoms with Gasteiger partial charge in [-0.15, -0.1) is 0 Å². The number of nitrogens with zero attached hydrogens (tertiary/aromatic N) is 4. The molecule has 0 saturated heterocycles. The summed E-state index contributed by atoms with van der Waals surface area (Å²) in [5.74, 6) is 1.72. The smallest absolute Gasteiger partial charge is 0.151 e. The first-order chi connectivity index (χ1) is 17.2. The maximum atomic E-state index is 6.35. The number of benzene rings is 3. The van der Waals surface area contributed by atoms with Crippen molar-refractivity contribution in [1.82, 2.24) is 14.5 Å². The van der Waals surface area contributed by atoms with Crippen LogP contribution in [-0.4, -0.2) is 14.5 Å². The summed E-state index contributed by atoms with van der Waals surface area (Å²) in [6.07, 6.45) is 5.54. The summed E-state index contributed by atoms with van der Waals surface area (Å²) in [6.45, 7) is 4.18. The van der Waals surface area contributed by atoms with Gasteiger partial charge in [0.15, 0.2) is 11.5 Å². The Morgan fingerprint density at radius 3 is 2.14 bits per heavy atom. The minimum Gasteiger partial charge on any atom is -0.453 e. The van der Waals surface area contributed by atoms with Crippen molar-refractivity contribution in [3.8, 4) is 17.2 Å². The van der Waals surface area contributed by atoms with E-state index >= 15 is 0 Å². The van der Waals surface area contributed by atoms with Gasteiger partial charge < -0.3 is 14.2 Å². The number of aromatic nitrogens is 3. The van der Waals surface area contributed by atoms with E-state index in [1.165, 1.54) is 11.1 Å². The largest absolute Gasteiger partial charge is 0.453 e. The Morgan fingerprint density at radius 1 is 0.686 bits per heavy atom. The van der Waals surface area contributed by atoms with Crippen LogP contribution >= 0.6 is 0 Å². The number of rotatable bonds is 2. The Balaban J connectivity index is 1.50. The molecule has 3 aromatic carbocycles. The van der Waals surface area contributed by atoms with Crippen molar-refractivity contribution in [2.24, 2.45) is 0 Å². The summed E-state index contributed by atoms with van der Waals surface area (Å²) in [5, 5.41) is 1.09. The Morgan fingerprint density at radius 2 is 1.43 bits per heavy atom. The van der Waals surface area contributed by atoms with Gasteiger partial charge in [-0.05, 0) is 91.7 Å². The molecular formula is C30H22N4O. The summed E-state index contributed by atoms with van der Waals surface area (Å²) in [4.78, 5) is 11.4. The van der Waals surface area contributed by atoms with Crippen molar-refractivity contribution < 1.29 is 4.74 Å². The standard InChI is InChI=1S/C30H22N4O/c1-19-7-10-25-28(15-19)35-29-16-20(2)8-11-26(29)33(25)21-9-12-24-23(17-21)30-27(6-4-14-32-30)34(24)22-5-3-13-31-18-22/h3-18H,1-2H3. The first-order valence-corrected chi connectivity index (χ1v) is 11.7. The van der Waals surface area contributed by atoms with Crippen molar-refractivity contribution in [3.05, 3.63) is 109 Å². The molecule has 5 nitrogen and oxygen atoms in total. The van der Waals surface area contributed by atoms with Crippen LogP contribution in [0.2, 0.25) is 0 Å². The molecule has 0 spiro atoms. The lowest BCUT2D eigenvalue weighted by Gasteiger charge is -2.33. The molecule has 0 N–H and O–H groups in total. The normalized spacial score (nSPS) is 12.5. The zero-order chi connectivity index (χ0) is 23.5. The molecule has 168 valence electrons. The number of hydrogen-bond acceptors (Lipinski definition) is 4. The third-order valence-corrected chi connectivity index (χ3v) is 6.60. The van der Waals surface area contributed by atoms with Crippen molar-refractivity contribution >= 4 is 39.0 Å². The molecular weight excluding hydrogens is 432 g/mol. The van der Waals surface area contributed by atoms with Crippen molar-refractivity contribution in [2.45, 2.75) is 13.8 Å². The highest BCUT2D eigenvalue weighted by molar-refractivity contribution is 6.08. The number of pyridine rings is 2. The number of anilines is 3. The molecule has 5 heteroatoms. The zero-order valence-electron chi connectivity index (χ0n) is 19.4. The first-order valence-electron chi connectivity index (χ1n) is 11.7.